The van der Waals surface area contributed by atoms with E-state index in [0.717, 1.165) is 17.0 Å². The molecule has 1 aliphatic rings. The standard InChI is InChI=1S/C28H36N6O6S/c29-27(30)31-14-7-12-23(25(35)13-19-41(38,39)22-10-5-2-6-11-22)32-26(36)24(20-21-8-3-1-4-9-21)33-28(37)34-15-17-40-18-16-34/h1-6,8-11,13,19,23-24H,7,12,14-18,20H2,(H,32,36)(H,33,37)(H4,29,30,31)/b19-13+/t23-,24-/m0/s1. The Morgan fingerprint density at radius 3 is 2.22 bits per heavy atom. The molecule has 1 fully saturated rings. The second-order valence-electron chi connectivity index (χ2n) is 9.36. The largest absolute Gasteiger partial charge is 0.378 e. The predicted molar refractivity (Wildman–Crippen MR) is 154 cm³/mol. The predicted octanol–water partition coefficient (Wildman–Crippen LogP) is 0.735. The fourth-order valence-corrected chi connectivity index (χ4v) is 5.10. The number of aliphatic imine (C=N–C) groups is 1. The van der Waals surface area contributed by atoms with Gasteiger partial charge in [0.1, 0.15) is 6.04 Å². The van der Waals surface area contributed by atoms with Gasteiger partial charge in [0.05, 0.1) is 24.2 Å². The van der Waals surface area contributed by atoms with Crippen molar-refractivity contribution >= 4 is 33.5 Å². The summed E-state index contributed by atoms with van der Waals surface area (Å²) < 4.78 is 30.6. The molecule has 0 radical (unpaired) electrons. The van der Waals surface area contributed by atoms with Crippen LogP contribution >= 0.6 is 0 Å². The van der Waals surface area contributed by atoms with Gasteiger partial charge >= 0.3 is 6.03 Å². The molecule has 12 nitrogen and oxygen atoms in total. The molecule has 1 heterocycles. The molecule has 3 rings (SSSR count). The molecule has 0 spiro atoms. The van der Waals surface area contributed by atoms with Gasteiger partial charge in [-0.05, 0) is 36.6 Å². The first kappa shape index (κ1) is 31.3. The third-order valence-electron chi connectivity index (χ3n) is 6.28. The van der Waals surface area contributed by atoms with Crippen molar-refractivity contribution in [1.29, 1.82) is 0 Å². The lowest BCUT2D eigenvalue weighted by Gasteiger charge is -2.29. The lowest BCUT2D eigenvalue weighted by Crippen LogP contribution is -2.56. The monoisotopic (exact) mass is 584 g/mol. The Balaban J connectivity index is 1.79. The smallest absolute Gasteiger partial charge is 0.318 e. The molecule has 220 valence electrons. The number of amides is 3. The summed E-state index contributed by atoms with van der Waals surface area (Å²) in [6.07, 6.45) is 1.58. The SMILES string of the molecule is NC(N)=NCCC[C@H](NC(=O)[C@H](Cc1ccccc1)NC(=O)N1CCOCC1)C(=O)/C=C/S(=O)(=O)c1ccccc1. The van der Waals surface area contributed by atoms with E-state index in [4.69, 9.17) is 16.2 Å². The van der Waals surface area contributed by atoms with E-state index in [0.29, 0.717) is 32.7 Å². The van der Waals surface area contributed by atoms with E-state index >= 15 is 0 Å². The molecule has 13 heteroatoms. The third-order valence-corrected chi connectivity index (χ3v) is 7.71. The van der Waals surface area contributed by atoms with Gasteiger partial charge in [0.25, 0.3) is 0 Å². The molecule has 6 N–H and O–H groups in total. The number of urea groups is 1. The van der Waals surface area contributed by atoms with Crippen LogP contribution in [0.25, 0.3) is 0 Å². The van der Waals surface area contributed by atoms with E-state index < -0.39 is 39.6 Å². The molecular weight excluding hydrogens is 548 g/mol. The van der Waals surface area contributed by atoms with Gasteiger partial charge in [-0.15, -0.1) is 0 Å². The maximum Gasteiger partial charge on any atom is 0.318 e. The van der Waals surface area contributed by atoms with Gasteiger partial charge in [0.2, 0.25) is 5.91 Å². The quantitative estimate of drug-likeness (QED) is 0.115. The summed E-state index contributed by atoms with van der Waals surface area (Å²) in [7, 11) is -3.88. The van der Waals surface area contributed by atoms with E-state index in [2.05, 4.69) is 15.6 Å². The number of nitrogens with two attached hydrogens (primary N) is 2. The van der Waals surface area contributed by atoms with E-state index in [9.17, 15) is 22.8 Å². The number of carbonyl (C=O) groups is 3. The molecule has 0 bridgehead atoms. The number of morpholine rings is 1. The first-order valence-corrected chi connectivity index (χ1v) is 14.8. The number of hydrogen-bond acceptors (Lipinski definition) is 7. The highest BCUT2D eigenvalue weighted by atomic mass is 32.2. The molecule has 0 aromatic heterocycles. The summed E-state index contributed by atoms with van der Waals surface area (Å²) in [5.41, 5.74) is 11.6. The van der Waals surface area contributed by atoms with Gasteiger partial charge in [0.15, 0.2) is 21.6 Å². The Bertz CT molecular complexity index is 1320. The average Bonchev–Trinajstić information content (AvgIpc) is 2.98. The van der Waals surface area contributed by atoms with Crippen molar-refractivity contribution in [3.05, 3.63) is 77.7 Å². The van der Waals surface area contributed by atoms with Gasteiger partial charge in [0, 0.05) is 31.5 Å². The fraction of sp³-hybridized carbons (Fsp3) is 0.357. The third kappa shape index (κ3) is 10.4. The summed E-state index contributed by atoms with van der Waals surface area (Å²) in [6.45, 7) is 1.77. The van der Waals surface area contributed by atoms with E-state index in [1.54, 1.807) is 23.1 Å². The van der Waals surface area contributed by atoms with Gasteiger partial charge in [-0.3, -0.25) is 14.6 Å². The lowest BCUT2D eigenvalue weighted by atomic mass is 10.0. The van der Waals surface area contributed by atoms with Crippen LogP contribution in [0.15, 0.2) is 82.0 Å². The number of rotatable bonds is 13. The second-order valence-corrected chi connectivity index (χ2v) is 11.2. The summed E-state index contributed by atoms with van der Waals surface area (Å²) in [5.74, 6) is -1.32. The summed E-state index contributed by atoms with van der Waals surface area (Å²) in [4.78, 5) is 45.1. The first-order chi connectivity index (χ1) is 19.7. The number of benzene rings is 2. The number of nitrogens with one attached hydrogen (secondary N) is 2. The van der Waals surface area contributed by atoms with E-state index in [1.165, 1.54) is 12.1 Å². The van der Waals surface area contributed by atoms with E-state index in [1.807, 2.05) is 30.3 Å². The zero-order chi connectivity index (χ0) is 29.7. The molecule has 1 saturated heterocycles. The van der Waals surface area contributed by atoms with Crippen molar-refractivity contribution in [2.24, 2.45) is 16.5 Å². The molecular formula is C28H36N6O6S. The molecule has 2 aromatic carbocycles. The first-order valence-electron chi connectivity index (χ1n) is 13.2. The van der Waals surface area contributed by atoms with E-state index in [-0.39, 0.29) is 30.2 Å². The molecule has 0 aliphatic carbocycles. The van der Waals surface area contributed by atoms with Gasteiger partial charge in [-0.25, -0.2) is 13.2 Å². The summed E-state index contributed by atoms with van der Waals surface area (Å²) in [6, 6.07) is 14.3. The zero-order valence-electron chi connectivity index (χ0n) is 22.6. The van der Waals surface area contributed by atoms with Crippen LogP contribution in [0.2, 0.25) is 0 Å². The molecule has 41 heavy (non-hydrogen) atoms. The highest BCUT2D eigenvalue weighted by molar-refractivity contribution is 7.94. The number of guanidine groups is 1. The molecule has 2 aromatic rings. The molecule has 0 unspecified atom stereocenters. The van der Waals surface area contributed by atoms with Crippen molar-refractivity contribution < 1.29 is 27.5 Å². The van der Waals surface area contributed by atoms with Crippen molar-refractivity contribution in [2.45, 2.75) is 36.2 Å². The number of nitrogens with zero attached hydrogens (tertiary/aromatic N) is 2. The minimum absolute atomic E-state index is 0.0335. The maximum atomic E-state index is 13.5. The Kier molecular flexibility index (Phi) is 11.9. The molecule has 3 amide bonds. The highest BCUT2D eigenvalue weighted by Crippen LogP contribution is 2.12. The Labute approximate surface area is 239 Å². The number of sulfone groups is 1. The Morgan fingerprint density at radius 1 is 0.951 bits per heavy atom. The summed E-state index contributed by atoms with van der Waals surface area (Å²) >= 11 is 0. The minimum atomic E-state index is -3.88. The number of ketones is 1. The number of hydrogen-bond donors (Lipinski definition) is 4. The number of ether oxygens (including phenoxy) is 1. The Hall–Kier alpha value is -4.23. The van der Waals surface area contributed by atoms with Crippen LogP contribution in [0.5, 0.6) is 0 Å². The van der Waals surface area contributed by atoms with Crippen LogP contribution in [-0.2, 0) is 30.6 Å². The van der Waals surface area contributed by atoms with Crippen molar-refractivity contribution in [3.8, 4) is 0 Å². The van der Waals surface area contributed by atoms with Crippen molar-refractivity contribution in [3.63, 3.8) is 0 Å². The van der Waals surface area contributed by atoms with Crippen molar-refractivity contribution in [1.82, 2.24) is 15.5 Å². The van der Waals surface area contributed by atoms with Crippen LogP contribution in [-0.4, -0.2) is 81.9 Å². The van der Waals surface area contributed by atoms with Crippen LogP contribution in [0, 0.1) is 0 Å². The molecule has 1 aliphatic heterocycles. The van der Waals surface area contributed by atoms with Crippen LogP contribution in [0.3, 0.4) is 0 Å². The lowest BCUT2D eigenvalue weighted by molar-refractivity contribution is -0.127. The normalized spacial score (nSPS) is 15.1. The van der Waals surface area contributed by atoms with Gasteiger partial charge in [-0.1, -0.05) is 48.5 Å². The van der Waals surface area contributed by atoms with Gasteiger partial charge in [-0.2, -0.15) is 0 Å². The number of carbonyl (C=O) groups excluding carboxylic acids is 3. The second kappa shape index (κ2) is 15.5. The van der Waals surface area contributed by atoms with Gasteiger partial charge < -0.3 is 31.7 Å². The highest BCUT2D eigenvalue weighted by Gasteiger charge is 2.28. The topological polar surface area (TPSA) is 186 Å². The maximum absolute atomic E-state index is 13.5. The Morgan fingerprint density at radius 2 is 1.59 bits per heavy atom. The fourth-order valence-electron chi connectivity index (χ4n) is 4.09. The summed E-state index contributed by atoms with van der Waals surface area (Å²) in [5, 5.41) is 6.31. The van der Waals surface area contributed by atoms with Crippen LogP contribution in [0.1, 0.15) is 18.4 Å². The average molecular weight is 585 g/mol. The van der Waals surface area contributed by atoms with Crippen LogP contribution in [0.4, 0.5) is 4.79 Å². The molecule has 2 atom stereocenters. The zero-order valence-corrected chi connectivity index (χ0v) is 23.5. The van der Waals surface area contributed by atoms with Crippen molar-refractivity contribution in [2.75, 3.05) is 32.8 Å². The minimum Gasteiger partial charge on any atom is -0.378 e. The van der Waals surface area contributed by atoms with Crippen LogP contribution < -0.4 is 22.1 Å². The molecule has 0 saturated carbocycles.